The molecule has 2 aromatic rings. The fraction of sp³-hybridized carbons (Fsp3) is 0.250. The van der Waals surface area contributed by atoms with Crippen LogP contribution in [0, 0.1) is 11.6 Å². The second kappa shape index (κ2) is 8.05. The van der Waals surface area contributed by atoms with Crippen molar-refractivity contribution in [2.75, 3.05) is 6.26 Å². The number of hydrogen-bond acceptors (Lipinski definition) is 6. The quantitative estimate of drug-likeness (QED) is 0.770. The third-order valence-electron chi connectivity index (χ3n) is 2.89. The van der Waals surface area contributed by atoms with E-state index >= 15 is 0 Å². The number of amides is 1. The van der Waals surface area contributed by atoms with Gasteiger partial charge in [0.25, 0.3) is 5.91 Å². The molecule has 1 heterocycles. The number of nitrogens with one attached hydrogen (secondary N) is 1. The average molecular weight is 421 g/mol. The Bertz CT molecular complexity index is 960. The van der Waals surface area contributed by atoms with Gasteiger partial charge in [-0.2, -0.15) is 0 Å². The van der Waals surface area contributed by atoms with Gasteiger partial charge in [-0.05, 0) is 13.8 Å². The number of halogens is 3. The van der Waals surface area contributed by atoms with Crippen LogP contribution >= 0.6 is 11.6 Å². The Labute approximate surface area is 159 Å². The van der Waals surface area contributed by atoms with E-state index in [0.29, 0.717) is 6.26 Å². The Balaban J connectivity index is 2.26. The van der Waals surface area contributed by atoms with E-state index in [4.69, 9.17) is 21.1 Å². The highest BCUT2D eigenvalue weighted by molar-refractivity contribution is 7.89. The van der Waals surface area contributed by atoms with Gasteiger partial charge in [0, 0.05) is 18.2 Å². The maximum Gasteiger partial charge on any atom is 0.270 e. The molecule has 1 N–H and O–H groups in total. The zero-order valence-electron chi connectivity index (χ0n) is 14.4. The minimum Gasteiger partial charge on any atom is -0.474 e. The van der Waals surface area contributed by atoms with Crippen molar-refractivity contribution >= 4 is 27.5 Å². The van der Waals surface area contributed by atoms with Crippen molar-refractivity contribution in [1.82, 2.24) is 9.71 Å². The molecule has 27 heavy (non-hydrogen) atoms. The first kappa shape index (κ1) is 20.8. The van der Waals surface area contributed by atoms with Crippen LogP contribution in [0.3, 0.4) is 0 Å². The first-order chi connectivity index (χ1) is 12.5. The minimum absolute atomic E-state index is 0.0724. The van der Waals surface area contributed by atoms with Gasteiger partial charge in [-0.3, -0.25) is 4.79 Å². The number of ether oxygens (including phenoxy) is 2. The van der Waals surface area contributed by atoms with Crippen molar-refractivity contribution in [3.8, 4) is 17.4 Å². The molecule has 0 fully saturated rings. The highest BCUT2D eigenvalue weighted by Crippen LogP contribution is 2.30. The van der Waals surface area contributed by atoms with Gasteiger partial charge in [0.05, 0.1) is 18.6 Å². The first-order valence-corrected chi connectivity index (χ1v) is 9.74. The number of aromatic nitrogens is 1. The Morgan fingerprint density at radius 2 is 1.78 bits per heavy atom. The summed E-state index contributed by atoms with van der Waals surface area (Å²) in [5.41, 5.74) is -1.05. The Hall–Kier alpha value is -2.46. The van der Waals surface area contributed by atoms with Crippen molar-refractivity contribution in [3.63, 3.8) is 0 Å². The summed E-state index contributed by atoms with van der Waals surface area (Å²) >= 11 is 6.01. The van der Waals surface area contributed by atoms with E-state index in [1.807, 2.05) is 0 Å². The summed E-state index contributed by atoms with van der Waals surface area (Å²) in [6.07, 6.45) is 1.77. The Morgan fingerprint density at radius 3 is 2.26 bits per heavy atom. The summed E-state index contributed by atoms with van der Waals surface area (Å²) in [4.78, 5) is 15.6. The molecule has 7 nitrogen and oxygen atoms in total. The van der Waals surface area contributed by atoms with Crippen molar-refractivity contribution in [2.24, 2.45) is 0 Å². The number of nitrogens with zero attached hydrogens (tertiary/aromatic N) is 1. The molecule has 0 aliphatic rings. The number of sulfonamides is 1. The molecule has 0 atom stereocenters. The molecule has 11 heteroatoms. The smallest absolute Gasteiger partial charge is 0.270 e. The van der Waals surface area contributed by atoms with E-state index in [2.05, 4.69) is 4.98 Å². The molecule has 0 bridgehead atoms. The molecule has 0 unspecified atom stereocenters. The summed E-state index contributed by atoms with van der Waals surface area (Å²) in [6.45, 7) is 3.57. The molecule has 0 aliphatic carbocycles. The summed E-state index contributed by atoms with van der Waals surface area (Å²) in [5, 5.41) is 0.131. The number of rotatable bonds is 6. The second-order valence-electron chi connectivity index (χ2n) is 5.69. The summed E-state index contributed by atoms with van der Waals surface area (Å²) < 4.78 is 62.4. The van der Waals surface area contributed by atoms with E-state index < -0.39 is 33.1 Å². The van der Waals surface area contributed by atoms with Crippen molar-refractivity contribution < 1.29 is 31.5 Å². The van der Waals surface area contributed by atoms with Crippen LogP contribution in [0.15, 0.2) is 24.4 Å². The van der Waals surface area contributed by atoms with Gasteiger partial charge in [-0.1, -0.05) is 11.6 Å². The molecule has 0 saturated carbocycles. The molecule has 1 aromatic heterocycles. The molecular formula is C16H15ClF2N2O5S. The van der Waals surface area contributed by atoms with Crippen molar-refractivity contribution in [3.05, 3.63) is 46.6 Å². The van der Waals surface area contributed by atoms with Crippen molar-refractivity contribution in [1.29, 1.82) is 0 Å². The Morgan fingerprint density at radius 1 is 1.19 bits per heavy atom. The first-order valence-electron chi connectivity index (χ1n) is 7.47. The summed E-state index contributed by atoms with van der Waals surface area (Å²) in [7, 11) is -3.98. The molecule has 2 rings (SSSR count). The largest absolute Gasteiger partial charge is 0.474 e. The maximum absolute atomic E-state index is 14.1. The topological polar surface area (TPSA) is 94.6 Å². The third-order valence-corrected chi connectivity index (χ3v) is 3.71. The molecule has 1 aromatic carbocycles. The van der Waals surface area contributed by atoms with E-state index in [9.17, 15) is 22.0 Å². The normalized spacial score (nSPS) is 11.4. The van der Waals surface area contributed by atoms with Crippen LogP contribution in [0.2, 0.25) is 5.02 Å². The molecule has 0 saturated heterocycles. The van der Waals surface area contributed by atoms with Gasteiger partial charge in [0.1, 0.15) is 33.7 Å². The molecular weight excluding hydrogens is 406 g/mol. The van der Waals surface area contributed by atoms with Gasteiger partial charge in [-0.25, -0.2) is 26.9 Å². The lowest BCUT2D eigenvalue weighted by molar-refractivity contribution is 0.0973. The van der Waals surface area contributed by atoms with E-state index in [1.165, 1.54) is 17.0 Å². The van der Waals surface area contributed by atoms with Gasteiger partial charge in [0.15, 0.2) is 0 Å². The molecule has 0 aliphatic heterocycles. The maximum atomic E-state index is 14.1. The number of carbonyl (C=O) groups excluding carboxylic acids is 1. The standard InChI is InChI=1S/C16H15ClF2N2O5S/c1-8(2)25-16-11(17)4-10(7-20-16)26-9-5-12(18)14(13(19)6-9)15(22)21-27(3,23)24/h4-8H,1-3H3,(H,21,22). The zero-order chi connectivity index (χ0) is 20.4. The van der Waals surface area contributed by atoms with Crippen LogP contribution in [0.1, 0.15) is 24.2 Å². The monoisotopic (exact) mass is 420 g/mol. The van der Waals surface area contributed by atoms with E-state index in [-0.39, 0.29) is 28.5 Å². The number of pyridine rings is 1. The SMILES string of the molecule is CC(C)Oc1ncc(Oc2cc(F)c(C(=O)NS(C)(=O)=O)c(F)c2)cc1Cl. The van der Waals surface area contributed by atoms with Gasteiger partial charge in [0.2, 0.25) is 15.9 Å². The zero-order valence-corrected chi connectivity index (χ0v) is 16.0. The third kappa shape index (κ3) is 5.76. The molecule has 0 radical (unpaired) electrons. The van der Waals surface area contributed by atoms with Gasteiger partial charge < -0.3 is 9.47 Å². The average Bonchev–Trinajstić information content (AvgIpc) is 2.47. The predicted octanol–water partition coefficient (Wildman–Crippen LogP) is 3.28. The lowest BCUT2D eigenvalue weighted by Gasteiger charge is -2.12. The minimum atomic E-state index is -3.98. The molecule has 1 amide bonds. The fourth-order valence-electron chi connectivity index (χ4n) is 1.95. The number of benzene rings is 1. The molecule has 0 spiro atoms. The van der Waals surface area contributed by atoms with Gasteiger partial charge in [-0.15, -0.1) is 0 Å². The van der Waals surface area contributed by atoms with Crippen LogP contribution in [0.5, 0.6) is 17.4 Å². The lowest BCUT2D eigenvalue weighted by Crippen LogP contribution is -2.30. The van der Waals surface area contributed by atoms with E-state index in [1.54, 1.807) is 13.8 Å². The summed E-state index contributed by atoms with van der Waals surface area (Å²) in [6, 6.07) is 2.80. The van der Waals surface area contributed by atoms with Gasteiger partial charge >= 0.3 is 0 Å². The van der Waals surface area contributed by atoms with Crippen molar-refractivity contribution in [2.45, 2.75) is 20.0 Å². The summed E-state index contributed by atoms with van der Waals surface area (Å²) in [5.74, 6) is -4.07. The van der Waals surface area contributed by atoms with Crippen LogP contribution in [0.25, 0.3) is 0 Å². The highest BCUT2D eigenvalue weighted by atomic mass is 35.5. The predicted molar refractivity (Wildman–Crippen MR) is 93.8 cm³/mol. The fourth-order valence-corrected chi connectivity index (χ4v) is 2.59. The van der Waals surface area contributed by atoms with E-state index in [0.717, 1.165) is 12.1 Å². The number of hydrogen-bond donors (Lipinski definition) is 1. The van der Waals surface area contributed by atoms with Crippen LogP contribution in [-0.2, 0) is 10.0 Å². The van der Waals surface area contributed by atoms with Crippen LogP contribution < -0.4 is 14.2 Å². The van der Waals surface area contributed by atoms with Crippen LogP contribution in [-0.4, -0.2) is 31.7 Å². The lowest BCUT2D eigenvalue weighted by atomic mass is 10.2. The highest BCUT2D eigenvalue weighted by Gasteiger charge is 2.22. The van der Waals surface area contributed by atoms with Crippen LogP contribution in [0.4, 0.5) is 8.78 Å². The Kier molecular flexibility index (Phi) is 6.22. The number of carbonyl (C=O) groups is 1. The second-order valence-corrected chi connectivity index (χ2v) is 7.85. The molecule has 146 valence electrons.